The summed E-state index contributed by atoms with van der Waals surface area (Å²) < 4.78 is 10.6. The molecule has 8 heteroatoms. The molecular weight excluding hydrogens is 282 g/mol. The van der Waals surface area contributed by atoms with Crippen LogP contribution in [-0.2, 0) is 17.1 Å². The van der Waals surface area contributed by atoms with E-state index in [0.717, 1.165) is 5.56 Å². The lowest BCUT2D eigenvalue weighted by Crippen LogP contribution is -2.14. The molecular formula is C12H15N3O4S. The second-order valence-electron chi connectivity index (χ2n) is 4.06. The van der Waals surface area contributed by atoms with Crippen LogP contribution in [0.25, 0.3) is 0 Å². The average Bonchev–Trinajstić information content (AvgIpc) is 2.44. The fourth-order valence-electron chi connectivity index (χ4n) is 1.85. The monoisotopic (exact) mass is 297 g/mol. The number of nitrogens with two attached hydrogens (primary N) is 1. The van der Waals surface area contributed by atoms with Crippen LogP contribution in [-0.4, -0.2) is 23.4 Å². The third-order valence-electron chi connectivity index (χ3n) is 2.67. The van der Waals surface area contributed by atoms with Crippen molar-refractivity contribution in [2.24, 2.45) is 10.7 Å². The summed E-state index contributed by atoms with van der Waals surface area (Å²) in [5.41, 5.74) is 7.17. The summed E-state index contributed by atoms with van der Waals surface area (Å²) in [5.74, 6) is 1.12. The smallest absolute Gasteiger partial charge is 0.270 e. The molecule has 0 fully saturated rings. The first-order valence-electron chi connectivity index (χ1n) is 6.05. The van der Waals surface area contributed by atoms with E-state index in [9.17, 15) is 10.1 Å². The van der Waals surface area contributed by atoms with Crippen LogP contribution in [0.4, 0.5) is 5.69 Å². The Balaban J connectivity index is 2.27. The molecule has 1 aliphatic heterocycles. The van der Waals surface area contributed by atoms with Crippen LogP contribution in [0.3, 0.4) is 0 Å². The Bertz CT molecular complexity index is 548. The lowest BCUT2D eigenvalue weighted by molar-refractivity contribution is -0.385. The summed E-state index contributed by atoms with van der Waals surface area (Å²) in [6.07, 6.45) is 0. The lowest BCUT2D eigenvalue weighted by Gasteiger charge is -2.20. The van der Waals surface area contributed by atoms with E-state index in [1.807, 2.05) is 6.92 Å². The summed E-state index contributed by atoms with van der Waals surface area (Å²) in [5, 5.41) is 11.4. The Hall–Kier alpha value is -1.80. The first-order chi connectivity index (χ1) is 9.61. The third kappa shape index (κ3) is 3.40. The molecule has 20 heavy (non-hydrogen) atoms. The number of hydrogen-bond acceptors (Lipinski definition) is 6. The van der Waals surface area contributed by atoms with Gasteiger partial charge < -0.3 is 15.2 Å². The molecule has 0 aliphatic carbocycles. The SMILES string of the molecule is CCN=C(N)SCc1cc([N+](=O)[O-])cc2c1OCOC2. The van der Waals surface area contributed by atoms with Crippen molar-refractivity contribution in [3.8, 4) is 5.75 Å². The van der Waals surface area contributed by atoms with E-state index in [4.69, 9.17) is 15.2 Å². The van der Waals surface area contributed by atoms with Gasteiger partial charge in [-0.3, -0.25) is 15.1 Å². The predicted molar refractivity (Wildman–Crippen MR) is 76.8 cm³/mol. The number of benzene rings is 1. The maximum absolute atomic E-state index is 10.9. The standard InChI is InChI=1S/C12H15N3O4S/c1-2-14-12(13)20-6-9-4-10(15(16)17)3-8-5-18-7-19-11(8)9/h3-4H,2,5-7H2,1H3,(H2,13,14). The Morgan fingerprint density at radius 3 is 3.10 bits per heavy atom. The Morgan fingerprint density at radius 2 is 2.40 bits per heavy atom. The van der Waals surface area contributed by atoms with Gasteiger partial charge in [-0.15, -0.1) is 0 Å². The number of nitro groups is 1. The highest BCUT2D eigenvalue weighted by atomic mass is 32.2. The van der Waals surface area contributed by atoms with Gasteiger partial charge in [0.2, 0.25) is 0 Å². The number of thioether (sulfide) groups is 1. The van der Waals surface area contributed by atoms with Gasteiger partial charge in [0, 0.05) is 35.6 Å². The number of amidine groups is 1. The highest BCUT2D eigenvalue weighted by molar-refractivity contribution is 8.13. The number of ether oxygens (including phenoxy) is 2. The maximum atomic E-state index is 10.9. The van der Waals surface area contributed by atoms with Gasteiger partial charge in [0.15, 0.2) is 12.0 Å². The van der Waals surface area contributed by atoms with E-state index >= 15 is 0 Å². The molecule has 1 aromatic carbocycles. The molecule has 2 N–H and O–H groups in total. The van der Waals surface area contributed by atoms with Crippen molar-refractivity contribution >= 4 is 22.6 Å². The highest BCUT2D eigenvalue weighted by Crippen LogP contribution is 2.34. The molecule has 0 bridgehead atoms. The van der Waals surface area contributed by atoms with Gasteiger partial charge in [-0.05, 0) is 6.92 Å². The second-order valence-corrected chi connectivity index (χ2v) is 5.06. The minimum atomic E-state index is -0.424. The molecule has 0 saturated heterocycles. The largest absolute Gasteiger partial charge is 0.467 e. The fourth-order valence-corrected chi connectivity index (χ4v) is 2.58. The topological polar surface area (TPSA) is 100.0 Å². The number of non-ortho nitro benzene ring substituents is 1. The number of rotatable bonds is 4. The Kier molecular flexibility index (Phi) is 4.80. The molecule has 0 spiro atoms. The zero-order valence-electron chi connectivity index (χ0n) is 11.0. The molecule has 0 radical (unpaired) electrons. The molecule has 0 amide bonds. The van der Waals surface area contributed by atoms with E-state index in [2.05, 4.69) is 4.99 Å². The van der Waals surface area contributed by atoms with Crippen molar-refractivity contribution in [2.75, 3.05) is 13.3 Å². The highest BCUT2D eigenvalue weighted by Gasteiger charge is 2.21. The molecule has 1 aliphatic rings. The van der Waals surface area contributed by atoms with Gasteiger partial charge in [-0.1, -0.05) is 11.8 Å². The Morgan fingerprint density at radius 1 is 1.60 bits per heavy atom. The van der Waals surface area contributed by atoms with Crippen LogP contribution in [0.15, 0.2) is 17.1 Å². The van der Waals surface area contributed by atoms with Crippen LogP contribution in [0.2, 0.25) is 0 Å². The molecule has 0 atom stereocenters. The number of fused-ring (bicyclic) bond motifs is 1. The van der Waals surface area contributed by atoms with Crippen molar-refractivity contribution < 1.29 is 14.4 Å². The summed E-state index contributed by atoms with van der Waals surface area (Å²) in [6.45, 7) is 2.97. The van der Waals surface area contributed by atoms with E-state index in [1.54, 1.807) is 0 Å². The van der Waals surface area contributed by atoms with E-state index in [0.29, 0.717) is 35.4 Å². The molecule has 0 unspecified atom stereocenters. The second kappa shape index (κ2) is 6.58. The van der Waals surface area contributed by atoms with Crippen molar-refractivity contribution in [3.05, 3.63) is 33.4 Å². The number of nitrogens with zero attached hydrogens (tertiary/aromatic N) is 2. The van der Waals surface area contributed by atoms with Gasteiger partial charge in [-0.2, -0.15) is 0 Å². The van der Waals surface area contributed by atoms with E-state index < -0.39 is 4.92 Å². The minimum absolute atomic E-state index is 0.0273. The number of hydrogen-bond donors (Lipinski definition) is 1. The molecule has 0 saturated carbocycles. The molecule has 1 aromatic rings. The number of aliphatic imine (C=N–C) groups is 1. The Labute approximate surface area is 120 Å². The van der Waals surface area contributed by atoms with Crippen molar-refractivity contribution in [2.45, 2.75) is 19.3 Å². The van der Waals surface area contributed by atoms with Gasteiger partial charge in [0.1, 0.15) is 5.75 Å². The first kappa shape index (κ1) is 14.6. The minimum Gasteiger partial charge on any atom is -0.467 e. The van der Waals surface area contributed by atoms with Crippen molar-refractivity contribution in [1.29, 1.82) is 0 Å². The predicted octanol–water partition coefficient (Wildman–Crippen LogP) is 2.03. The van der Waals surface area contributed by atoms with Gasteiger partial charge in [0.25, 0.3) is 5.69 Å². The normalized spacial score (nSPS) is 14.6. The molecule has 7 nitrogen and oxygen atoms in total. The molecule has 0 aromatic heterocycles. The van der Waals surface area contributed by atoms with E-state index in [-0.39, 0.29) is 12.5 Å². The third-order valence-corrected chi connectivity index (χ3v) is 3.55. The zero-order chi connectivity index (χ0) is 14.5. The molecule has 1 heterocycles. The first-order valence-corrected chi connectivity index (χ1v) is 7.03. The van der Waals surface area contributed by atoms with Gasteiger partial charge in [0.05, 0.1) is 11.5 Å². The molecule has 108 valence electrons. The lowest BCUT2D eigenvalue weighted by atomic mass is 10.1. The van der Waals surface area contributed by atoms with Crippen LogP contribution < -0.4 is 10.5 Å². The van der Waals surface area contributed by atoms with Crippen LogP contribution >= 0.6 is 11.8 Å². The quantitative estimate of drug-likeness (QED) is 0.395. The van der Waals surface area contributed by atoms with E-state index in [1.165, 1.54) is 23.9 Å². The summed E-state index contributed by atoms with van der Waals surface area (Å²) in [4.78, 5) is 14.6. The van der Waals surface area contributed by atoms with Gasteiger partial charge >= 0.3 is 0 Å². The van der Waals surface area contributed by atoms with Crippen LogP contribution in [0, 0.1) is 10.1 Å². The maximum Gasteiger partial charge on any atom is 0.270 e. The zero-order valence-corrected chi connectivity index (χ0v) is 11.8. The van der Waals surface area contributed by atoms with Crippen LogP contribution in [0.5, 0.6) is 5.75 Å². The average molecular weight is 297 g/mol. The fraction of sp³-hybridized carbons (Fsp3) is 0.417. The van der Waals surface area contributed by atoms with Gasteiger partial charge in [-0.25, -0.2) is 0 Å². The van der Waals surface area contributed by atoms with Crippen molar-refractivity contribution in [3.63, 3.8) is 0 Å². The molecule has 2 rings (SSSR count). The summed E-state index contributed by atoms with van der Waals surface area (Å²) in [6, 6.07) is 2.99. The summed E-state index contributed by atoms with van der Waals surface area (Å²) >= 11 is 1.33. The summed E-state index contributed by atoms with van der Waals surface area (Å²) in [7, 11) is 0. The van der Waals surface area contributed by atoms with Crippen LogP contribution in [0.1, 0.15) is 18.1 Å². The number of nitro benzene ring substituents is 1. The van der Waals surface area contributed by atoms with Crippen molar-refractivity contribution in [1.82, 2.24) is 0 Å².